The smallest absolute Gasteiger partial charge is 0.127 e. The van der Waals surface area contributed by atoms with Gasteiger partial charge in [-0.05, 0) is 17.7 Å². The number of hydrogen-bond donors (Lipinski definition) is 1. The summed E-state index contributed by atoms with van der Waals surface area (Å²) in [5, 5.41) is 4.10. The Balaban J connectivity index is 1.92. The van der Waals surface area contributed by atoms with E-state index in [1.807, 2.05) is 42.5 Å². The lowest BCUT2D eigenvalue weighted by molar-refractivity contribution is 0.421. The minimum Gasteiger partial charge on any atom is -0.399 e. The zero-order valence-corrected chi connectivity index (χ0v) is 10.4. The van der Waals surface area contributed by atoms with Gasteiger partial charge in [-0.3, -0.25) is 0 Å². The Morgan fingerprint density at radius 2 is 1.68 bits per heavy atom. The Morgan fingerprint density at radius 1 is 0.947 bits per heavy atom. The molecule has 0 aliphatic carbocycles. The normalized spacial score (nSPS) is 10.5. The standard InChI is InChI=1S/C16H14N2O/c17-15-8-6-13(7-9-15)16-14(11-19-18-16)10-12-4-2-1-3-5-12/h1-9,11H,10,17H2. The second kappa shape index (κ2) is 4.98. The third-order valence-corrected chi connectivity index (χ3v) is 3.06. The molecule has 0 amide bonds. The molecular formula is C16H14N2O. The van der Waals surface area contributed by atoms with Crippen molar-refractivity contribution in [2.45, 2.75) is 6.42 Å². The molecule has 3 heteroatoms. The molecule has 0 spiro atoms. The van der Waals surface area contributed by atoms with Crippen LogP contribution in [0.1, 0.15) is 11.1 Å². The molecule has 3 aromatic rings. The van der Waals surface area contributed by atoms with Gasteiger partial charge in [0.1, 0.15) is 12.0 Å². The molecule has 0 aliphatic heterocycles. The second-order valence-corrected chi connectivity index (χ2v) is 4.47. The first-order valence-corrected chi connectivity index (χ1v) is 6.16. The van der Waals surface area contributed by atoms with Crippen LogP contribution in [0.5, 0.6) is 0 Å². The van der Waals surface area contributed by atoms with E-state index in [9.17, 15) is 0 Å². The van der Waals surface area contributed by atoms with Crippen LogP contribution in [0.15, 0.2) is 65.4 Å². The molecule has 3 rings (SSSR count). The van der Waals surface area contributed by atoms with Crippen LogP contribution in [0.4, 0.5) is 5.69 Å². The molecule has 0 saturated heterocycles. The summed E-state index contributed by atoms with van der Waals surface area (Å²) < 4.78 is 5.12. The van der Waals surface area contributed by atoms with Crippen LogP contribution < -0.4 is 5.73 Å². The Kier molecular flexibility index (Phi) is 3.02. The van der Waals surface area contributed by atoms with E-state index in [-0.39, 0.29) is 0 Å². The molecule has 1 aromatic heterocycles. The van der Waals surface area contributed by atoms with Gasteiger partial charge in [0, 0.05) is 23.2 Å². The van der Waals surface area contributed by atoms with E-state index >= 15 is 0 Å². The molecule has 2 aromatic carbocycles. The first-order valence-electron chi connectivity index (χ1n) is 6.16. The van der Waals surface area contributed by atoms with E-state index in [1.54, 1.807) is 6.26 Å². The summed E-state index contributed by atoms with van der Waals surface area (Å²) in [6, 6.07) is 17.9. The highest BCUT2D eigenvalue weighted by atomic mass is 16.5. The molecule has 0 atom stereocenters. The number of aromatic nitrogens is 1. The molecule has 0 bridgehead atoms. The third kappa shape index (κ3) is 2.50. The van der Waals surface area contributed by atoms with Crippen molar-refractivity contribution in [3.8, 4) is 11.3 Å². The SMILES string of the molecule is Nc1ccc(-c2nocc2Cc2ccccc2)cc1. The van der Waals surface area contributed by atoms with Gasteiger partial charge in [-0.2, -0.15) is 0 Å². The third-order valence-electron chi connectivity index (χ3n) is 3.06. The van der Waals surface area contributed by atoms with Gasteiger partial charge in [-0.15, -0.1) is 0 Å². The highest BCUT2D eigenvalue weighted by Gasteiger charge is 2.10. The maximum Gasteiger partial charge on any atom is 0.127 e. The Labute approximate surface area is 111 Å². The van der Waals surface area contributed by atoms with Crippen LogP contribution in [-0.2, 0) is 6.42 Å². The summed E-state index contributed by atoms with van der Waals surface area (Å²) in [5.74, 6) is 0. The zero-order valence-electron chi connectivity index (χ0n) is 10.4. The van der Waals surface area contributed by atoms with Gasteiger partial charge >= 0.3 is 0 Å². The zero-order chi connectivity index (χ0) is 13.1. The molecule has 3 nitrogen and oxygen atoms in total. The van der Waals surface area contributed by atoms with E-state index in [1.165, 1.54) is 5.56 Å². The molecule has 1 heterocycles. The molecule has 0 aliphatic rings. The van der Waals surface area contributed by atoms with E-state index in [0.29, 0.717) is 0 Å². The van der Waals surface area contributed by atoms with Crippen LogP contribution in [0, 0.1) is 0 Å². The van der Waals surface area contributed by atoms with Crippen LogP contribution in [0.2, 0.25) is 0 Å². The van der Waals surface area contributed by atoms with Crippen LogP contribution in [0.3, 0.4) is 0 Å². The monoisotopic (exact) mass is 250 g/mol. The molecule has 0 saturated carbocycles. The van der Waals surface area contributed by atoms with E-state index in [0.717, 1.165) is 28.9 Å². The number of anilines is 1. The topological polar surface area (TPSA) is 52.0 Å². The summed E-state index contributed by atoms with van der Waals surface area (Å²) in [6.45, 7) is 0. The fourth-order valence-corrected chi connectivity index (χ4v) is 2.08. The molecule has 19 heavy (non-hydrogen) atoms. The van der Waals surface area contributed by atoms with Crippen molar-refractivity contribution in [1.29, 1.82) is 0 Å². The predicted octanol–water partition coefficient (Wildman–Crippen LogP) is 3.51. The number of rotatable bonds is 3. The average molecular weight is 250 g/mol. The molecule has 94 valence electrons. The largest absolute Gasteiger partial charge is 0.399 e. The minimum absolute atomic E-state index is 0.747. The summed E-state index contributed by atoms with van der Waals surface area (Å²) in [7, 11) is 0. The maximum absolute atomic E-state index is 5.70. The summed E-state index contributed by atoms with van der Waals surface area (Å²) in [5.41, 5.74) is 10.7. The lowest BCUT2D eigenvalue weighted by Gasteiger charge is -2.02. The van der Waals surface area contributed by atoms with Crippen molar-refractivity contribution >= 4 is 5.69 Å². The van der Waals surface area contributed by atoms with Crippen molar-refractivity contribution in [3.05, 3.63) is 72.0 Å². The van der Waals surface area contributed by atoms with Gasteiger partial charge in [0.2, 0.25) is 0 Å². The molecule has 0 radical (unpaired) electrons. The quantitative estimate of drug-likeness (QED) is 0.724. The van der Waals surface area contributed by atoms with Gasteiger partial charge in [0.05, 0.1) is 0 Å². The number of hydrogen-bond acceptors (Lipinski definition) is 3. The highest BCUT2D eigenvalue weighted by Crippen LogP contribution is 2.25. The van der Waals surface area contributed by atoms with Crippen molar-refractivity contribution in [2.75, 3.05) is 5.73 Å². The van der Waals surface area contributed by atoms with Gasteiger partial charge in [-0.1, -0.05) is 47.6 Å². The molecule has 2 N–H and O–H groups in total. The van der Waals surface area contributed by atoms with Gasteiger partial charge in [0.15, 0.2) is 0 Å². The minimum atomic E-state index is 0.747. The van der Waals surface area contributed by atoms with Gasteiger partial charge < -0.3 is 10.3 Å². The first kappa shape index (κ1) is 11.5. The Bertz CT molecular complexity index is 657. The van der Waals surface area contributed by atoms with Crippen molar-refractivity contribution in [3.63, 3.8) is 0 Å². The van der Waals surface area contributed by atoms with E-state index in [4.69, 9.17) is 10.3 Å². The summed E-state index contributed by atoms with van der Waals surface area (Å²) >= 11 is 0. The fourth-order valence-electron chi connectivity index (χ4n) is 2.08. The van der Waals surface area contributed by atoms with Gasteiger partial charge in [0.25, 0.3) is 0 Å². The Morgan fingerprint density at radius 3 is 2.42 bits per heavy atom. The van der Waals surface area contributed by atoms with E-state index < -0.39 is 0 Å². The number of nitrogen functional groups attached to an aromatic ring is 1. The fraction of sp³-hybridized carbons (Fsp3) is 0.0625. The molecular weight excluding hydrogens is 236 g/mol. The lowest BCUT2D eigenvalue weighted by Crippen LogP contribution is -1.90. The van der Waals surface area contributed by atoms with Crippen LogP contribution >= 0.6 is 0 Å². The van der Waals surface area contributed by atoms with Gasteiger partial charge in [-0.25, -0.2) is 0 Å². The summed E-state index contributed by atoms with van der Waals surface area (Å²) in [6.07, 6.45) is 2.52. The van der Waals surface area contributed by atoms with Crippen molar-refractivity contribution in [2.24, 2.45) is 0 Å². The Hall–Kier alpha value is -2.55. The predicted molar refractivity (Wildman–Crippen MR) is 75.6 cm³/mol. The van der Waals surface area contributed by atoms with Crippen molar-refractivity contribution in [1.82, 2.24) is 5.16 Å². The molecule has 0 unspecified atom stereocenters. The number of nitrogens with two attached hydrogens (primary N) is 1. The van der Waals surface area contributed by atoms with E-state index in [2.05, 4.69) is 17.3 Å². The molecule has 0 fully saturated rings. The van der Waals surface area contributed by atoms with Crippen LogP contribution in [0.25, 0.3) is 11.3 Å². The average Bonchev–Trinajstić information content (AvgIpc) is 2.89. The van der Waals surface area contributed by atoms with Crippen molar-refractivity contribution < 1.29 is 4.52 Å². The first-order chi connectivity index (χ1) is 9.33. The number of nitrogens with zero attached hydrogens (tertiary/aromatic N) is 1. The summed E-state index contributed by atoms with van der Waals surface area (Å²) in [4.78, 5) is 0. The second-order valence-electron chi connectivity index (χ2n) is 4.47. The van der Waals surface area contributed by atoms with Crippen LogP contribution in [-0.4, -0.2) is 5.16 Å². The number of benzene rings is 2. The lowest BCUT2D eigenvalue weighted by atomic mass is 10.0. The highest BCUT2D eigenvalue weighted by molar-refractivity contribution is 5.64. The maximum atomic E-state index is 5.70.